The van der Waals surface area contributed by atoms with E-state index in [2.05, 4.69) is 0 Å². The molecule has 0 N–H and O–H groups in total. The summed E-state index contributed by atoms with van der Waals surface area (Å²) in [6.45, 7) is 2.63. The van der Waals surface area contributed by atoms with Crippen LogP contribution in [0.25, 0.3) is 0 Å². The highest BCUT2D eigenvalue weighted by Crippen LogP contribution is 2.56. The van der Waals surface area contributed by atoms with E-state index in [-0.39, 0.29) is 6.35 Å². The molecule has 0 atom stereocenters. The molecule has 0 aromatic rings. The summed E-state index contributed by atoms with van der Waals surface area (Å²) in [6.07, 6.45) is 1.97. The van der Waals surface area contributed by atoms with Gasteiger partial charge in [-0.1, -0.05) is 13.3 Å². The Bertz CT molecular complexity index is 123. The number of hydrogen-bond acceptors (Lipinski definition) is 2. The summed E-state index contributed by atoms with van der Waals surface area (Å²) < 4.78 is 15.5. The van der Waals surface area contributed by atoms with Gasteiger partial charge in [0.2, 0.25) is 0 Å². The van der Waals surface area contributed by atoms with Crippen molar-refractivity contribution in [2.75, 3.05) is 13.0 Å². The molecule has 0 radical (unpaired) electrons. The van der Waals surface area contributed by atoms with Crippen LogP contribution in [0.5, 0.6) is 0 Å². The average Bonchev–Trinajstić information content (AvgIpc) is 1.78. The molecule has 0 aliphatic rings. The number of ether oxygens (including phenoxy) is 1. The van der Waals surface area contributed by atoms with Gasteiger partial charge in [-0.15, -0.1) is 0 Å². The van der Waals surface area contributed by atoms with E-state index in [1.54, 1.807) is 0 Å². The Kier molecular flexibility index (Phi) is 5.84. The van der Waals surface area contributed by atoms with E-state index < -0.39 is 5.85 Å². The number of rotatable bonds is 5. The predicted octanol–water partition coefficient (Wildman–Crippen LogP) is 3.43. The van der Waals surface area contributed by atoms with E-state index in [1.165, 1.54) is 0 Å². The fraction of sp³-hybridized carbons (Fsp3) is 1.00. The molecule has 0 bridgehead atoms. The number of halogens is 2. The van der Waals surface area contributed by atoms with Gasteiger partial charge in [-0.25, -0.2) is 0 Å². The first-order chi connectivity index (χ1) is 4.56. The zero-order chi connectivity index (χ0) is 8.04. The molecule has 0 spiro atoms. The third kappa shape index (κ3) is 8.77. The van der Waals surface area contributed by atoms with Gasteiger partial charge in [0, 0.05) is 6.61 Å². The van der Waals surface area contributed by atoms with Crippen LogP contribution < -0.4 is 0 Å². The minimum atomic E-state index is -2.98. The van der Waals surface area contributed by atoms with Crippen LogP contribution in [0, 0.1) is 0 Å². The largest absolute Gasteiger partial charge is 0.371 e. The highest BCUT2D eigenvalue weighted by molar-refractivity contribution is 8.08. The molecule has 0 aromatic carbocycles. The van der Waals surface area contributed by atoms with Crippen LogP contribution in [0.15, 0.2) is 0 Å². The molecule has 0 heterocycles. The SMILES string of the molecule is CCCCOCP(=O)(Cl)Cl. The van der Waals surface area contributed by atoms with Gasteiger partial charge in [0.05, 0.1) is 0 Å². The summed E-state index contributed by atoms with van der Waals surface area (Å²) >= 11 is 10.4. The molecule has 0 aliphatic heterocycles. The molecule has 0 aliphatic carbocycles. The summed E-state index contributed by atoms with van der Waals surface area (Å²) in [5, 5.41) is 0. The summed E-state index contributed by atoms with van der Waals surface area (Å²) in [5.74, 6) is -2.98. The first-order valence-corrected chi connectivity index (χ1v) is 6.82. The van der Waals surface area contributed by atoms with Crippen LogP contribution in [-0.2, 0) is 9.30 Å². The van der Waals surface area contributed by atoms with Crippen molar-refractivity contribution in [3.05, 3.63) is 0 Å². The van der Waals surface area contributed by atoms with Crippen molar-refractivity contribution in [1.82, 2.24) is 0 Å². The lowest BCUT2D eigenvalue weighted by Gasteiger charge is -2.02. The number of hydrogen-bond donors (Lipinski definition) is 0. The highest BCUT2D eigenvalue weighted by atomic mass is 35.9. The molecular weight excluding hydrogens is 194 g/mol. The van der Waals surface area contributed by atoms with Gasteiger partial charge in [0.15, 0.2) is 0 Å². The average molecular weight is 205 g/mol. The van der Waals surface area contributed by atoms with E-state index >= 15 is 0 Å². The van der Waals surface area contributed by atoms with Crippen molar-refractivity contribution in [2.24, 2.45) is 0 Å². The first kappa shape index (κ1) is 10.8. The van der Waals surface area contributed by atoms with Crippen molar-refractivity contribution >= 4 is 28.3 Å². The minimum absolute atomic E-state index is 0.0316. The maximum absolute atomic E-state index is 10.6. The molecule has 0 amide bonds. The van der Waals surface area contributed by atoms with E-state index in [4.69, 9.17) is 27.2 Å². The van der Waals surface area contributed by atoms with Gasteiger partial charge in [0.25, 0.3) is 5.85 Å². The summed E-state index contributed by atoms with van der Waals surface area (Å²) in [7, 11) is 0. The fourth-order valence-corrected chi connectivity index (χ4v) is 1.17. The highest BCUT2D eigenvalue weighted by Gasteiger charge is 2.12. The molecule has 2 nitrogen and oxygen atoms in total. The smallest absolute Gasteiger partial charge is 0.277 e. The molecule has 0 saturated heterocycles. The quantitative estimate of drug-likeness (QED) is 0.507. The molecule has 0 unspecified atom stereocenters. The third-order valence-corrected chi connectivity index (χ3v) is 1.95. The van der Waals surface area contributed by atoms with Crippen LogP contribution >= 0.6 is 28.3 Å². The van der Waals surface area contributed by atoms with Crippen LogP contribution in [0.4, 0.5) is 0 Å². The summed E-state index contributed by atoms with van der Waals surface area (Å²) in [5.41, 5.74) is 0. The van der Waals surface area contributed by atoms with Crippen molar-refractivity contribution in [3.8, 4) is 0 Å². The Morgan fingerprint density at radius 1 is 1.50 bits per heavy atom. The predicted molar refractivity (Wildman–Crippen MR) is 45.0 cm³/mol. The Morgan fingerprint density at radius 3 is 2.50 bits per heavy atom. The lowest BCUT2D eigenvalue weighted by molar-refractivity contribution is 0.174. The van der Waals surface area contributed by atoms with Gasteiger partial charge in [0.1, 0.15) is 6.35 Å². The second-order valence-corrected chi connectivity index (χ2v) is 7.15. The van der Waals surface area contributed by atoms with E-state index in [9.17, 15) is 4.57 Å². The molecule has 0 aromatic heterocycles. The zero-order valence-electron chi connectivity index (χ0n) is 5.85. The lowest BCUT2D eigenvalue weighted by atomic mass is 10.4. The Hall–Kier alpha value is 0.770. The van der Waals surface area contributed by atoms with Crippen LogP contribution in [-0.4, -0.2) is 13.0 Å². The van der Waals surface area contributed by atoms with E-state index in [0.717, 1.165) is 12.8 Å². The Labute approximate surface area is 70.8 Å². The third-order valence-electron chi connectivity index (χ3n) is 0.884. The van der Waals surface area contributed by atoms with Crippen LogP contribution in [0.2, 0.25) is 0 Å². The zero-order valence-corrected chi connectivity index (χ0v) is 8.25. The topological polar surface area (TPSA) is 26.3 Å². The molecule has 0 fully saturated rings. The van der Waals surface area contributed by atoms with E-state index in [0.29, 0.717) is 6.61 Å². The maximum Gasteiger partial charge on any atom is 0.277 e. The molecule has 10 heavy (non-hydrogen) atoms. The second-order valence-electron chi connectivity index (χ2n) is 1.96. The first-order valence-electron chi connectivity index (χ1n) is 3.12. The Morgan fingerprint density at radius 2 is 2.10 bits per heavy atom. The monoisotopic (exact) mass is 204 g/mol. The van der Waals surface area contributed by atoms with Gasteiger partial charge < -0.3 is 4.74 Å². The molecule has 0 rings (SSSR count). The van der Waals surface area contributed by atoms with Crippen molar-refractivity contribution in [3.63, 3.8) is 0 Å². The van der Waals surface area contributed by atoms with Crippen LogP contribution in [0.3, 0.4) is 0 Å². The number of unbranched alkanes of at least 4 members (excludes halogenated alkanes) is 1. The normalized spacial score (nSPS) is 11.9. The maximum atomic E-state index is 10.6. The van der Waals surface area contributed by atoms with Crippen molar-refractivity contribution in [1.29, 1.82) is 0 Å². The second kappa shape index (κ2) is 5.42. The summed E-state index contributed by atoms with van der Waals surface area (Å²) in [6, 6.07) is 0. The van der Waals surface area contributed by atoms with Crippen molar-refractivity contribution < 1.29 is 9.30 Å². The molecule has 62 valence electrons. The van der Waals surface area contributed by atoms with Crippen LogP contribution in [0.1, 0.15) is 19.8 Å². The van der Waals surface area contributed by atoms with E-state index in [1.807, 2.05) is 6.92 Å². The van der Waals surface area contributed by atoms with Gasteiger partial charge in [-0.2, -0.15) is 0 Å². The van der Waals surface area contributed by atoms with Gasteiger partial charge in [-0.3, -0.25) is 4.57 Å². The van der Waals surface area contributed by atoms with Gasteiger partial charge >= 0.3 is 0 Å². The molecule has 5 heteroatoms. The lowest BCUT2D eigenvalue weighted by Crippen LogP contribution is -1.92. The molecule has 0 saturated carbocycles. The fourth-order valence-electron chi connectivity index (χ4n) is 0.417. The standard InChI is InChI=1S/C5H11Cl2O2P/c1-2-3-4-9-5-10(6,7)8/h2-5H2,1H3. The minimum Gasteiger partial charge on any atom is -0.371 e. The van der Waals surface area contributed by atoms with Crippen molar-refractivity contribution in [2.45, 2.75) is 19.8 Å². The van der Waals surface area contributed by atoms with Gasteiger partial charge in [-0.05, 0) is 28.9 Å². The Balaban J connectivity index is 3.13. The molecular formula is C5H11Cl2O2P. The summed E-state index contributed by atoms with van der Waals surface area (Å²) in [4.78, 5) is 0.